The van der Waals surface area contributed by atoms with Crippen LogP contribution in [0.4, 0.5) is 0 Å². The maximum atomic E-state index is 13.4. The molecule has 0 spiro atoms. The fourth-order valence-corrected chi connectivity index (χ4v) is 5.10. The minimum atomic E-state index is -0.876. The van der Waals surface area contributed by atoms with Crippen molar-refractivity contribution in [2.45, 2.75) is 72.6 Å². The zero-order valence-corrected chi connectivity index (χ0v) is 23.6. The van der Waals surface area contributed by atoms with Crippen molar-refractivity contribution in [3.05, 3.63) is 46.5 Å². The molecule has 10 nitrogen and oxygen atoms in total. The van der Waals surface area contributed by atoms with E-state index >= 15 is 0 Å². The normalized spacial score (nSPS) is 17.3. The van der Waals surface area contributed by atoms with Crippen molar-refractivity contribution in [2.24, 2.45) is 23.7 Å². The molecular weight excluding hydrogens is 520 g/mol. The molecule has 3 atom stereocenters. The summed E-state index contributed by atoms with van der Waals surface area (Å²) in [6.07, 6.45) is 0.384. The van der Waals surface area contributed by atoms with Crippen molar-refractivity contribution in [1.82, 2.24) is 20.2 Å². The Hall–Kier alpha value is -3.47. The van der Waals surface area contributed by atoms with Gasteiger partial charge in [0.15, 0.2) is 5.78 Å². The summed E-state index contributed by atoms with van der Waals surface area (Å²) in [5.41, 5.74) is 1.55. The first-order valence-electron chi connectivity index (χ1n) is 13.2. The number of carbonyl (C=O) groups excluding carboxylic acids is 5. The van der Waals surface area contributed by atoms with Gasteiger partial charge >= 0.3 is 5.97 Å². The molecular formula is C28H36N4O6S. The number of hydrogen-bond donors (Lipinski definition) is 2. The highest BCUT2D eigenvalue weighted by Crippen LogP contribution is 2.23. The molecule has 0 radical (unpaired) electrons. The average Bonchev–Trinajstić information content (AvgIpc) is 3.37. The Labute approximate surface area is 232 Å². The van der Waals surface area contributed by atoms with E-state index in [0.29, 0.717) is 12.1 Å². The van der Waals surface area contributed by atoms with E-state index in [0.717, 1.165) is 10.4 Å². The monoisotopic (exact) mass is 556 g/mol. The highest BCUT2D eigenvalue weighted by molar-refractivity contribution is 7.05. The molecule has 0 saturated heterocycles. The molecule has 0 aliphatic carbocycles. The van der Waals surface area contributed by atoms with Gasteiger partial charge in [-0.2, -0.15) is 0 Å². The Balaban J connectivity index is 1.64. The Morgan fingerprint density at radius 2 is 1.82 bits per heavy atom. The van der Waals surface area contributed by atoms with Gasteiger partial charge in [0.1, 0.15) is 6.61 Å². The van der Waals surface area contributed by atoms with Crippen LogP contribution in [0.5, 0.6) is 0 Å². The molecule has 3 unspecified atom stereocenters. The number of Topliss-reactive ketones (excluding diaryl/α,β-unsaturated/α-hetero) is 2. The minimum absolute atomic E-state index is 0.112. The van der Waals surface area contributed by atoms with E-state index in [-0.39, 0.29) is 50.0 Å². The fourth-order valence-electron chi connectivity index (χ4n) is 4.48. The standard InChI is InChI=1S/C28H36N4O6S/c1-16(2)20(13-24(34)38-15-18-8-6-5-7-9-18)27(36)30-25(17(3)4)22(33)12-19-10-11-21-23(39-32-31-21)14-29-28(37)26(19)35/h5-9,16-17,19-20,25H,10-15H2,1-4H3,(H,29,37)(H,30,36). The number of nitrogens with zero attached hydrogens (tertiary/aromatic N) is 2. The number of rotatable bonds is 11. The molecule has 3 rings (SSSR count). The zero-order valence-electron chi connectivity index (χ0n) is 22.8. The molecule has 0 fully saturated rings. The average molecular weight is 557 g/mol. The second kappa shape index (κ2) is 14.1. The Bertz CT molecular complexity index is 1180. The van der Waals surface area contributed by atoms with Gasteiger partial charge in [-0.3, -0.25) is 24.0 Å². The lowest BCUT2D eigenvalue weighted by Crippen LogP contribution is -2.49. The molecule has 39 heavy (non-hydrogen) atoms. The van der Waals surface area contributed by atoms with E-state index in [1.54, 1.807) is 13.8 Å². The van der Waals surface area contributed by atoms with Crippen LogP contribution in [0.1, 0.15) is 63.1 Å². The van der Waals surface area contributed by atoms with E-state index in [1.807, 2.05) is 44.2 Å². The Morgan fingerprint density at radius 1 is 1.10 bits per heavy atom. The number of ketones is 2. The van der Waals surface area contributed by atoms with Gasteiger partial charge in [-0.25, -0.2) is 0 Å². The quantitative estimate of drug-likeness (QED) is 0.318. The van der Waals surface area contributed by atoms with Crippen LogP contribution in [0, 0.1) is 23.7 Å². The second-order valence-corrected chi connectivity index (χ2v) is 11.4. The molecule has 210 valence electrons. The van der Waals surface area contributed by atoms with Crippen molar-refractivity contribution in [3.8, 4) is 0 Å². The summed E-state index contributed by atoms with van der Waals surface area (Å²) < 4.78 is 9.28. The molecule has 11 heteroatoms. The number of benzene rings is 1. The lowest BCUT2D eigenvalue weighted by atomic mass is 9.86. The second-order valence-electron chi connectivity index (χ2n) is 10.5. The fraction of sp³-hybridized carbons (Fsp3) is 0.536. The van der Waals surface area contributed by atoms with Crippen molar-refractivity contribution in [3.63, 3.8) is 0 Å². The number of esters is 1. The molecule has 1 aliphatic heterocycles. The van der Waals surface area contributed by atoms with Crippen molar-refractivity contribution < 1.29 is 28.7 Å². The van der Waals surface area contributed by atoms with Gasteiger partial charge in [0.05, 0.1) is 35.5 Å². The first-order valence-corrected chi connectivity index (χ1v) is 14.0. The number of hydrogen-bond acceptors (Lipinski definition) is 9. The van der Waals surface area contributed by atoms with Crippen LogP contribution in [0.3, 0.4) is 0 Å². The van der Waals surface area contributed by atoms with Gasteiger partial charge in [-0.1, -0.05) is 62.5 Å². The highest BCUT2D eigenvalue weighted by Gasteiger charge is 2.35. The van der Waals surface area contributed by atoms with Crippen LogP contribution in [0.15, 0.2) is 30.3 Å². The third-order valence-corrected chi connectivity index (χ3v) is 7.66. The van der Waals surface area contributed by atoms with Gasteiger partial charge in [0.25, 0.3) is 5.91 Å². The molecule has 1 aromatic heterocycles. The van der Waals surface area contributed by atoms with Crippen molar-refractivity contribution in [2.75, 3.05) is 0 Å². The summed E-state index contributed by atoms with van der Waals surface area (Å²) in [7, 11) is 0. The predicted molar refractivity (Wildman–Crippen MR) is 144 cm³/mol. The van der Waals surface area contributed by atoms with E-state index in [4.69, 9.17) is 4.74 Å². The maximum absolute atomic E-state index is 13.4. The summed E-state index contributed by atoms with van der Waals surface area (Å²) in [6.45, 7) is 7.54. The summed E-state index contributed by atoms with van der Waals surface area (Å²) in [5, 5.41) is 9.49. The molecule has 0 bridgehead atoms. The minimum Gasteiger partial charge on any atom is -0.461 e. The van der Waals surface area contributed by atoms with Crippen molar-refractivity contribution >= 4 is 40.9 Å². The molecule has 0 saturated carbocycles. The molecule has 2 amide bonds. The zero-order chi connectivity index (χ0) is 28.5. The summed E-state index contributed by atoms with van der Waals surface area (Å²) in [5.74, 6) is -4.65. The number of ether oxygens (including phenoxy) is 1. The van der Waals surface area contributed by atoms with E-state index < -0.39 is 41.4 Å². The summed E-state index contributed by atoms with van der Waals surface area (Å²) in [6, 6.07) is 8.38. The number of aryl methyl sites for hydroxylation is 1. The third-order valence-electron chi connectivity index (χ3n) is 6.90. The topological polar surface area (TPSA) is 144 Å². The van der Waals surface area contributed by atoms with Crippen LogP contribution in [-0.4, -0.2) is 45.0 Å². The first-order chi connectivity index (χ1) is 18.6. The van der Waals surface area contributed by atoms with Crippen LogP contribution in [-0.2, 0) is 48.3 Å². The Morgan fingerprint density at radius 3 is 2.49 bits per heavy atom. The van der Waals surface area contributed by atoms with Gasteiger partial charge in [0.2, 0.25) is 11.7 Å². The number of amides is 2. The molecule has 2 aromatic rings. The van der Waals surface area contributed by atoms with Gasteiger partial charge < -0.3 is 15.4 Å². The summed E-state index contributed by atoms with van der Waals surface area (Å²) in [4.78, 5) is 65.2. The Kier molecular flexibility index (Phi) is 10.8. The number of aromatic nitrogens is 2. The third kappa shape index (κ3) is 8.51. The smallest absolute Gasteiger partial charge is 0.306 e. The lowest BCUT2D eigenvalue weighted by molar-refractivity contribution is -0.149. The summed E-state index contributed by atoms with van der Waals surface area (Å²) >= 11 is 1.17. The van der Waals surface area contributed by atoms with Crippen LogP contribution in [0.2, 0.25) is 0 Å². The lowest BCUT2D eigenvalue weighted by Gasteiger charge is -2.27. The molecule has 2 heterocycles. The highest BCUT2D eigenvalue weighted by atomic mass is 32.1. The SMILES string of the molecule is CC(C)C(CC(=O)OCc1ccccc1)C(=O)NC(C(=O)CC1CCc2nnsc2CNC(=O)C1=O)C(C)C. The molecule has 2 N–H and O–H groups in total. The van der Waals surface area contributed by atoms with Crippen LogP contribution in [0.25, 0.3) is 0 Å². The van der Waals surface area contributed by atoms with Crippen molar-refractivity contribution in [1.29, 1.82) is 0 Å². The van der Waals surface area contributed by atoms with Crippen LogP contribution >= 0.6 is 11.5 Å². The van der Waals surface area contributed by atoms with E-state index in [2.05, 4.69) is 20.2 Å². The van der Waals surface area contributed by atoms with Crippen LogP contribution < -0.4 is 10.6 Å². The van der Waals surface area contributed by atoms with E-state index in [9.17, 15) is 24.0 Å². The van der Waals surface area contributed by atoms with Gasteiger partial charge in [-0.15, -0.1) is 5.10 Å². The van der Waals surface area contributed by atoms with Gasteiger partial charge in [0, 0.05) is 12.3 Å². The largest absolute Gasteiger partial charge is 0.461 e. The number of fused-ring (bicyclic) bond motifs is 1. The maximum Gasteiger partial charge on any atom is 0.306 e. The number of nitrogens with one attached hydrogen (secondary N) is 2. The van der Waals surface area contributed by atoms with Gasteiger partial charge in [-0.05, 0) is 41.8 Å². The molecule has 1 aliphatic rings. The predicted octanol–water partition coefficient (Wildman–Crippen LogP) is 2.79. The van der Waals surface area contributed by atoms with E-state index in [1.165, 1.54) is 11.5 Å². The molecule has 1 aromatic carbocycles. The first kappa shape index (κ1) is 30.1. The number of carbonyl (C=O) groups is 5.